The Morgan fingerprint density at radius 2 is 2.00 bits per heavy atom. The van der Waals surface area contributed by atoms with E-state index < -0.39 is 0 Å². The number of para-hydroxylation sites is 2. The average molecular weight is 285 g/mol. The summed E-state index contributed by atoms with van der Waals surface area (Å²) in [5.74, 6) is 0.916. The Labute approximate surface area is 121 Å². The number of rotatable bonds is 6. The molecule has 0 unspecified atom stereocenters. The Morgan fingerprint density at radius 1 is 1.10 bits per heavy atom. The molecular weight excluding hydrogens is 270 g/mol. The third kappa shape index (κ3) is 3.37. The van der Waals surface area contributed by atoms with Crippen LogP contribution in [-0.4, -0.2) is 22.3 Å². The Hall–Kier alpha value is -1.85. The van der Waals surface area contributed by atoms with Gasteiger partial charge in [-0.2, -0.15) is 0 Å². The number of nitrogens with one attached hydrogen (secondary N) is 1. The molecule has 102 valence electrons. The van der Waals surface area contributed by atoms with E-state index in [1.807, 2.05) is 48.7 Å². The molecule has 0 saturated heterocycles. The minimum Gasteiger partial charge on any atom is -0.431 e. The number of oxazole rings is 1. The highest BCUT2D eigenvalue weighted by Crippen LogP contribution is 2.22. The van der Waals surface area contributed by atoms with E-state index in [4.69, 9.17) is 4.42 Å². The van der Waals surface area contributed by atoms with Crippen molar-refractivity contribution in [3.8, 4) is 0 Å². The SMILES string of the molecule is c1ccc(CNCCSc2nc3ccccc3o2)nc1. The number of fused-ring (bicyclic) bond motifs is 1. The van der Waals surface area contributed by atoms with Crippen LogP contribution in [0, 0.1) is 0 Å². The number of hydrogen-bond acceptors (Lipinski definition) is 5. The molecule has 2 aromatic heterocycles. The molecule has 3 aromatic rings. The molecule has 0 fully saturated rings. The van der Waals surface area contributed by atoms with Gasteiger partial charge in [0.1, 0.15) is 5.52 Å². The first-order valence-electron chi connectivity index (χ1n) is 6.51. The van der Waals surface area contributed by atoms with Crippen LogP contribution >= 0.6 is 11.8 Å². The molecule has 0 spiro atoms. The zero-order chi connectivity index (χ0) is 13.6. The summed E-state index contributed by atoms with van der Waals surface area (Å²) in [6.45, 7) is 1.68. The normalized spacial score (nSPS) is 11.0. The molecule has 5 heteroatoms. The molecule has 3 rings (SSSR count). The molecule has 0 bridgehead atoms. The molecule has 0 amide bonds. The summed E-state index contributed by atoms with van der Waals surface area (Å²) in [5.41, 5.74) is 2.81. The molecule has 0 atom stereocenters. The van der Waals surface area contributed by atoms with Crippen LogP contribution < -0.4 is 5.32 Å². The molecule has 1 N–H and O–H groups in total. The second kappa shape index (κ2) is 6.54. The summed E-state index contributed by atoms with van der Waals surface area (Å²) < 4.78 is 5.64. The van der Waals surface area contributed by atoms with Crippen LogP contribution in [0.2, 0.25) is 0 Å². The van der Waals surface area contributed by atoms with Gasteiger partial charge < -0.3 is 9.73 Å². The quantitative estimate of drug-likeness (QED) is 0.557. The molecule has 20 heavy (non-hydrogen) atoms. The fraction of sp³-hybridized carbons (Fsp3) is 0.200. The highest BCUT2D eigenvalue weighted by atomic mass is 32.2. The van der Waals surface area contributed by atoms with Crippen LogP contribution in [0.1, 0.15) is 5.69 Å². The summed E-state index contributed by atoms with van der Waals surface area (Å²) in [7, 11) is 0. The van der Waals surface area contributed by atoms with Gasteiger partial charge in [-0.25, -0.2) is 4.98 Å². The first kappa shape index (κ1) is 13.1. The van der Waals surface area contributed by atoms with E-state index in [1.54, 1.807) is 11.8 Å². The van der Waals surface area contributed by atoms with Gasteiger partial charge in [0.2, 0.25) is 0 Å². The smallest absolute Gasteiger partial charge is 0.256 e. The van der Waals surface area contributed by atoms with Crippen molar-refractivity contribution in [2.24, 2.45) is 0 Å². The van der Waals surface area contributed by atoms with Crippen LogP contribution in [0.3, 0.4) is 0 Å². The van der Waals surface area contributed by atoms with Crippen molar-refractivity contribution in [1.29, 1.82) is 0 Å². The fourth-order valence-electron chi connectivity index (χ4n) is 1.84. The first-order valence-corrected chi connectivity index (χ1v) is 7.49. The monoisotopic (exact) mass is 285 g/mol. The highest BCUT2D eigenvalue weighted by molar-refractivity contribution is 7.99. The van der Waals surface area contributed by atoms with E-state index >= 15 is 0 Å². The largest absolute Gasteiger partial charge is 0.431 e. The molecule has 0 radical (unpaired) electrons. The van der Waals surface area contributed by atoms with Crippen molar-refractivity contribution in [3.05, 3.63) is 54.4 Å². The lowest BCUT2D eigenvalue weighted by Gasteiger charge is -2.02. The van der Waals surface area contributed by atoms with Crippen molar-refractivity contribution in [2.45, 2.75) is 11.8 Å². The summed E-state index contributed by atoms with van der Waals surface area (Å²) in [6, 6.07) is 13.8. The standard InChI is InChI=1S/C15H15N3OS/c1-2-7-14-13(6-1)18-15(19-14)20-10-9-16-11-12-5-3-4-8-17-12/h1-8,16H,9-11H2. The number of pyridine rings is 1. The lowest BCUT2D eigenvalue weighted by atomic mass is 10.3. The van der Waals surface area contributed by atoms with E-state index in [0.717, 1.165) is 40.9 Å². The van der Waals surface area contributed by atoms with E-state index in [-0.39, 0.29) is 0 Å². The molecule has 1 aromatic carbocycles. The van der Waals surface area contributed by atoms with Crippen molar-refractivity contribution in [3.63, 3.8) is 0 Å². The third-order valence-corrected chi connectivity index (χ3v) is 3.64. The molecule has 0 saturated carbocycles. The number of thioether (sulfide) groups is 1. The van der Waals surface area contributed by atoms with Gasteiger partial charge in [-0.3, -0.25) is 4.98 Å². The Morgan fingerprint density at radius 3 is 2.85 bits per heavy atom. The van der Waals surface area contributed by atoms with Crippen molar-refractivity contribution < 1.29 is 4.42 Å². The fourth-order valence-corrected chi connectivity index (χ4v) is 2.58. The zero-order valence-electron chi connectivity index (χ0n) is 11.0. The second-order valence-corrected chi connectivity index (χ2v) is 5.34. The van der Waals surface area contributed by atoms with E-state index in [0.29, 0.717) is 0 Å². The van der Waals surface area contributed by atoms with Gasteiger partial charge in [-0.05, 0) is 24.3 Å². The van der Waals surface area contributed by atoms with Gasteiger partial charge in [0.15, 0.2) is 5.58 Å². The van der Waals surface area contributed by atoms with Gasteiger partial charge >= 0.3 is 0 Å². The lowest BCUT2D eigenvalue weighted by Crippen LogP contribution is -2.17. The number of aromatic nitrogens is 2. The number of benzene rings is 1. The van der Waals surface area contributed by atoms with Crippen LogP contribution in [0.5, 0.6) is 0 Å². The molecular formula is C15H15N3OS. The number of nitrogens with zero attached hydrogens (tertiary/aromatic N) is 2. The van der Waals surface area contributed by atoms with Crippen LogP contribution in [0.15, 0.2) is 58.3 Å². The Balaban J connectivity index is 1.43. The average Bonchev–Trinajstić information content (AvgIpc) is 2.90. The maximum atomic E-state index is 5.64. The van der Waals surface area contributed by atoms with Crippen molar-refractivity contribution in [2.75, 3.05) is 12.3 Å². The van der Waals surface area contributed by atoms with Crippen LogP contribution in [0.25, 0.3) is 11.1 Å². The third-order valence-electron chi connectivity index (χ3n) is 2.81. The predicted octanol–water partition coefficient (Wildman–Crippen LogP) is 3.10. The van der Waals surface area contributed by atoms with Gasteiger partial charge in [0, 0.05) is 25.0 Å². The minimum atomic E-state index is 0.728. The van der Waals surface area contributed by atoms with E-state index in [9.17, 15) is 0 Å². The van der Waals surface area contributed by atoms with E-state index in [2.05, 4.69) is 15.3 Å². The molecule has 0 aliphatic carbocycles. The first-order chi connectivity index (χ1) is 9.92. The zero-order valence-corrected chi connectivity index (χ0v) is 11.8. The summed E-state index contributed by atoms with van der Waals surface area (Å²) >= 11 is 1.62. The summed E-state index contributed by atoms with van der Waals surface area (Å²) in [4.78, 5) is 8.69. The van der Waals surface area contributed by atoms with Crippen molar-refractivity contribution >= 4 is 22.9 Å². The lowest BCUT2D eigenvalue weighted by molar-refractivity contribution is 0.489. The van der Waals surface area contributed by atoms with Crippen LogP contribution in [0.4, 0.5) is 0 Å². The van der Waals surface area contributed by atoms with Crippen molar-refractivity contribution in [1.82, 2.24) is 15.3 Å². The maximum Gasteiger partial charge on any atom is 0.256 e. The summed E-state index contributed by atoms with van der Waals surface area (Å²) in [6.07, 6.45) is 1.81. The van der Waals surface area contributed by atoms with Gasteiger partial charge in [-0.1, -0.05) is 30.0 Å². The van der Waals surface area contributed by atoms with E-state index in [1.165, 1.54) is 0 Å². The predicted molar refractivity (Wildman–Crippen MR) is 80.7 cm³/mol. The molecule has 0 aliphatic rings. The topological polar surface area (TPSA) is 51.0 Å². The van der Waals surface area contributed by atoms with Gasteiger partial charge in [0.25, 0.3) is 5.22 Å². The maximum absolute atomic E-state index is 5.64. The van der Waals surface area contributed by atoms with Crippen LogP contribution in [-0.2, 0) is 6.54 Å². The molecule has 4 nitrogen and oxygen atoms in total. The van der Waals surface area contributed by atoms with Gasteiger partial charge in [0.05, 0.1) is 5.69 Å². The molecule has 2 heterocycles. The Bertz CT molecular complexity index is 636. The molecule has 0 aliphatic heterocycles. The minimum absolute atomic E-state index is 0.728. The Kier molecular flexibility index (Phi) is 4.30. The highest BCUT2D eigenvalue weighted by Gasteiger charge is 2.04. The van der Waals surface area contributed by atoms with Gasteiger partial charge in [-0.15, -0.1) is 0 Å². The number of hydrogen-bond donors (Lipinski definition) is 1. The second-order valence-electron chi connectivity index (χ2n) is 4.29. The summed E-state index contributed by atoms with van der Waals surface area (Å²) in [5, 5.41) is 4.08.